The van der Waals surface area contributed by atoms with E-state index in [0.717, 1.165) is 30.7 Å². The highest BCUT2D eigenvalue weighted by molar-refractivity contribution is 9.10. The number of benzene rings is 1. The van der Waals surface area contributed by atoms with Gasteiger partial charge in [-0.1, -0.05) is 19.9 Å². The van der Waals surface area contributed by atoms with Gasteiger partial charge in [-0.05, 0) is 39.5 Å². The Balaban J connectivity index is 2.58. The molecule has 1 rings (SSSR count). The first kappa shape index (κ1) is 16.5. The zero-order valence-corrected chi connectivity index (χ0v) is 14.0. The van der Waals surface area contributed by atoms with Crippen LogP contribution in [0, 0.1) is 5.92 Å². The SMILES string of the molecule is COCCNCc1ccc(N(C)CC(C)C)c(Br)c1. The molecule has 4 heteroatoms. The van der Waals surface area contributed by atoms with E-state index in [4.69, 9.17) is 4.74 Å². The third-order valence-electron chi connectivity index (χ3n) is 2.87. The monoisotopic (exact) mass is 328 g/mol. The van der Waals surface area contributed by atoms with E-state index >= 15 is 0 Å². The number of hydrogen-bond donors (Lipinski definition) is 1. The first-order valence-corrected chi connectivity index (χ1v) is 7.53. The van der Waals surface area contributed by atoms with Crippen molar-refractivity contribution in [2.24, 2.45) is 5.92 Å². The fraction of sp³-hybridized carbons (Fsp3) is 0.600. The van der Waals surface area contributed by atoms with Crippen molar-refractivity contribution in [1.82, 2.24) is 5.32 Å². The van der Waals surface area contributed by atoms with Crippen molar-refractivity contribution < 1.29 is 4.74 Å². The van der Waals surface area contributed by atoms with E-state index in [1.807, 2.05) is 0 Å². The van der Waals surface area contributed by atoms with Crippen molar-refractivity contribution in [2.45, 2.75) is 20.4 Å². The highest BCUT2D eigenvalue weighted by atomic mass is 79.9. The minimum absolute atomic E-state index is 0.660. The van der Waals surface area contributed by atoms with E-state index in [1.54, 1.807) is 7.11 Å². The molecule has 108 valence electrons. The third kappa shape index (κ3) is 5.93. The maximum atomic E-state index is 5.01. The maximum absolute atomic E-state index is 5.01. The molecule has 0 radical (unpaired) electrons. The molecule has 0 heterocycles. The summed E-state index contributed by atoms with van der Waals surface area (Å²) < 4.78 is 6.17. The third-order valence-corrected chi connectivity index (χ3v) is 3.51. The molecule has 0 bridgehead atoms. The molecule has 0 atom stereocenters. The number of methoxy groups -OCH3 is 1. The van der Waals surface area contributed by atoms with Crippen molar-refractivity contribution in [3.8, 4) is 0 Å². The van der Waals surface area contributed by atoms with Crippen molar-refractivity contribution in [1.29, 1.82) is 0 Å². The maximum Gasteiger partial charge on any atom is 0.0587 e. The second-order valence-corrected chi connectivity index (χ2v) is 6.08. The molecule has 0 aliphatic rings. The first-order chi connectivity index (χ1) is 9.04. The van der Waals surface area contributed by atoms with Crippen LogP contribution in [0.25, 0.3) is 0 Å². The van der Waals surface area contributed by atoms with Crippen LogP contribution in [-0.2, 0) is 11.3 Å². The van der Waals surface area contributed by atoms with Crippen LogP contribution in [0.1, 0.15) is 19.4 Å². The molecule has 0 aliphatic heterocycles. The molecule has 19 heavy (non-hydrogen) atoms. The van der Waals surface area contributed by atoms with Gasteiger partial charge in [0.2, 0.25) is 0 Å². The summed E-state index contributed by atoms with van der Waals surface area (Å²) in [5.74, 6) is 0.660. The van der Waals surface area contributed by atoms with E-state index in [-0.39, 0.29) is 0 Å². The van der Waals surface area contributed by atoms with Gasteiger partial charge in [0, 0.05) is 38.3 Å². The summed E-state index contributed by atoms with van der Waals surface area (Å²) in [7, 11) is 3.86. The molecule has 1 N–H and O–H groups in total. The van der Waals surface area contributed by atoms with Gasteiger partial charge in [-0.25, -0.2) is 0 Å². The fourth-order valence-corrected chi connectivity index (χ4v) is 2.75. The largest absolute Gasteiger partial charge is 0.383 e. The lowest BCUT2D eigenvalue weighted by molar-refractivity contribution is 0.199. The molecule has 0 fully saturated rings. The van der Waals surface area contributed by atoms with Crippen LogP contribution >= 0.6 is 15.9 Å². The number of nitrogens with zero attached hydrogens (tertiary/aromatic N) is 1. The van der Waals surface area contributed by atoms with Gasteiger partial charge in [0.05, 0.1) is 12.3 Å². The molecular weight excluding hydrogens is 304 g/mol. The van der Waals surface area contributed by atoms with E-state index in [0.29, 0.717) is 5.92 Å². The molecule has 0 saturated carbocycles. The van der Waals surface area contributed by atoms with Gasteiger partial charge < -0.3 is 15.0 Å². The first-order valence-electron chi connectivity index (χ1n) is 6.73. The highest BCUT2D eigenvalue weighted by Crippen LogP contribution is 2.27. The summed E-state index contributed by atoms with van der Waals surface area (Å²) in [5.41, 5.74) is 2.53. The Morgan fingerprint density at radius 1 is 1.37 bits per heavy atom. The van der Waals surface area contributed by atoms with Gasteiger partial charge in [0.15, 0.2) is 0 Å². The van der Waals surface area contributed by atoms with Crippen LogP contribution in [0.3, 0.4) is 0 Å². The average Bonchev–Trinajstić information content (AvgIpc) is 2.33. The average molecular weight is 329 g/mol. The summed E-state index contributed by atoms with van der Waals surface area (Å²) in [5, 5.41) is 3.35. The second kappa shape index (κ2) is 8.56. The summed E-state index contributed by atoms with van der Waals surface area (Å²) in [6, 6.07) is 6.54. The molecule has 3 nitrogen and oxygen atoms in total. The Kier molecular flexibility index (Phi) is 7.42. The van der Waals surface area contributed by atoms with Gasteiger partial charge in [0.25, 0.3) is 0 Å². The van der Waals surface area contributed by atoms with Crippen LogP contribution < -0.4 is 10.2 Å². The summed E-state index contributed by atoms with van der Waals surface area (Å²) >= 11 is 3.67. The topological polar surface area (TPSA) is 24.5 Å². The minimum Gasteiger partial charge on any atom is -0.383 e. The zero-order valence-electron chi connectivity index (χ0n) is 12.4. The van der Waals surface area contributed by atoms with Crippen LogP contribution in [-0.4, -0.2) is 33.9 Å². The van der Waals surface area contributed by atoms with Gasteiger partial charge in [-0.15, -0.1) is 0 Å². The predicted octanol–water partition coefficient (Wildman–Crippen LogP) is 3.28. The lowest BCUT2D eigenvalue weighted by atomic mass is 10.1. The summed E-state index contributed by atoms with van der Waals surface area (Å²) in [6.07, 6.45) is 0. The quantitative estimate of drug-likeness (QED) is 0.741. The van der Waals surface area contributed by atoms with Crippen molar-refractivity contribution in [3.63, 3.8) is 0 Å². The molecule has 0 aliphatic carbocycles. The molecule has 0 spiro atoms. The second-order valence-electron chi connectivity index (χ2n) is 5.23. The lowest BCUT2D eigenvalue weighted by Gasteiger charge is -2.23. The highest BCUT2D eigenvalue weighted by Gasteiger charge is 2.08. The van der Waals surface area contributed by atoms with Crippen LogP contribution in [0.4, 0.5) is 5.69 Å². The van der Waals surface area contributed by atoms with Crippen molar-refractivity contribution in [2.75, 3.05) is 38.8 Å². The Hall–Kier alpha value is -0.580. The zero-order chi connectivity index (χ0) is 14.3. The number of ether oxygens (including phenoxy) is 1. The van der Waals surface area contributed by atoms with Crippen LogP contribution in [0.15, 0.2) is 22.7 Å². The molecule has 1 aromatic carbocycles. The molecule has 0 saturated heterocycles. The van der Waals surface area contributed by atoms with Crippen molar-refractivity contribution in [3.05, 3.63) is 28.2 Å². The minimum atomic E-state index is 0.660. The van der Waals surface area contributed by atoms with Gasteiger partial charge in [0.1, 0.15) is 0 Å². The Morgan fingerprint density at radius 3 is 2.68 bits per heavy atom. The molecule has 1 aromatic rings. The van der Waals surface area contributed by atoms with E-state index in [9.17, 15) is 0 Å². The standard InChI is InChI=1S/C15H25BrN2O/c1-12(2)11-18(3)15-6-5-13(9-14(15)16)10-17-7-8-19-4/h5-6,9,12,17H,7-8,10-11H2,1-4H3. The fourth-order valence-electron chi connectivity index (χ4n) is 2.02. The molecular formula is C15H25BrN2O. The van der Waals surface area contributed by atoms with Gasteiger partial charge >= 0.3 is 0 Å². The number of rotatable bonds is 8. The number of anilines is 1. The predicted molar refractivity (Wildman–Crippen MR) is 85.8 cm³/mol. The van der Waals surface area contributed by atoms with E-state index < -0.39 is 0 Å². The van der Waals surface area contributed by atoms with Gasteiger partial charge in [-0.3, -0.25) is 0 Å². The van der Waals surface area contributed by atoms with Crippen LogP contribution in [0.5, 0.6) is 0 Å². The smallest absolute Gasteiger partial charge is 0.0587 e. The number of hydrogen-bond acceptors (Lipinski definition) is 3. The number of halogens is 1. The summed E-state index contributed by atoms with van der Waals surface area (Å²) in [6.45, 7) is 8.02. The lowest BCUT2D eigenvalue weighted by Crippen LogP contribution is -2.23. The molecule has 0 unspecified atom stereocenters. The Labute approximate surface area is 125 Å². The molecule has 0 aromatic heterocycles. The normalized spacial score (nSPS) is 11.1. The number of nitrogens with one attached hydrogen (secondary N) is 1. The Morgan fingerprint density at radius 2 is 2.11 bits per heavy atom. The Bertz CT molecular complexity index is 382. The van der Waals surface area contributed by atoms with Crippen molar-refractivity contribution >= 4 is 21.6 Å². The van der Waals surface area contributed by atoms with E-state index in [1.165, 1.54) is 11.3 Å². The molecule has 0 amide bonds. The summed E-state index contributed by atoms with van der Waals surface area (Å²) in [4.78, 5) is 2.29. The van der Waals surface area contributed by atoms with E-state index in [2.05, 4.69) is 65.2 Å². The van der Waals surface area contributed by atoms with Gasteiger partial charge in [-0.2, -0.15) is 0 Å². The van der Waals surface area contributed by atoms with Crippen LogP contribution in [0.2, 0.25) is 0 Å².